The molecule has 0 saturated heterocycles. The molecule has 4 aromatic rings. The summed E-state index contributed by atoms with van der Waals surface area (Å²) in [4.78, 5) is 17.7. The Kier molecular flexibility index (Phi) is 6.17. The predicted molar refractivity (Wildman–Crippen MR) is 126 cm³/mol. The van der Waals surface area contributed by atoms with Gasteiger partial charge in [-0.2, -0.15) is 0 Å². The van der Waals surface area contributed by atoms with Gasteiger partial charge in [0.15, 0.2) is 0 Å². The van der Waals surface area contributed by atoms with Crippen LogP contribution in [0, 0.1) is 0 Å². The number of carbonyl (C=O) groups is 1. The third-order valence-corrected chi connectivity index (χ3v) is 6.35. The smallest absolute Gasteiger partial charge is 0.252 e. The van der Waals surface area contributed by atoms with Crippen molar-refractivity contribution in [1.29, 1.82) is 0 Å². The number of primary sulfonamides is 1. The van der Waals surface area contributed by atoms with E-state index in [9.17, 15) is 13.2 Å². The molecule has 0 spiro atoms. The first-order valence-corrected chi connectivity index (χ1v) is 11.8. The molecule has 1 heterocycles. The summed E-state index contributed by atoms with van der Waals surface area (Å²) >= 11 is 12.4. The molecule has 0 fully saturated rings. The van der Waals surface area contributed by atoms with Gasteiger partial charge in [0.2, 0.25) is 10.0 Å². The minimum absolute atomic E-state index is 0.0113. The molecule has 0 atom stereocenters. The van der Waals surface area contributed by atoms with Crippen LogP contribution < -0.4 is 10.5 Å². The summed E-state index contributed by atoms with van der Waals surface area (Å²) < 4.78 is 22.8. The Hall–Kier alpha value is -2.97. The second-order valence-corrected chi connectivity index (χ2v) is 9.47. The van der Waals surface area contributed by atoms with Crippen molar-refractivity contribution in [2.45, 2.75) is 11.4 Å². The molecule has 0 radical (unpaired) electrons. The number of sulfonamides is 1. The number of nitrogens with two attached hydrogens (primary N) is 1. The quantitative estimate of drug-likeness (QED) is 0.424. The SMILES string of the molecule is NS(=O)(=O)c1ccc(CNC(=O)c2cc(-c3ccc(Cl)cc3Cl)nc3ccccc23)cc1. The number of aromatic nitrogens is 1. The summed E-state index contributed by atoms with van der Waals surface area (Å²) in [5.41, 5.74) is 3.03. The topological polar surface area (TPSA) is 102 Å². The summed E-state index contributed by atoms with van der Waals surface area (Å²) in [5, 5.41) is 9.62. The zero-order chi connectivity index (χ0) is 22.9. The molecule has 4 rings (SSSR count). The van der Waals surface area contributed by atoms with Gasteiger partial charge in [0.05, 0.1) is 26.7 Å². The fourth-order valence-corrected chi connectivity index (χ4v) is 4.29. The van der Waals surface area contributed by atoms with Crippen LogP contribution in [0.3, 0.4) is 0 Å². The van der Waals surface area contributed by atoms with E-state index in [4.69, 9.17) is 28.3 Å². The average Bonchev–Trinajstić information content (AvgIpc) is 2.76. The van der Waals surface area contributed by atoms with Crippen LogP contribution in [0.5, 0.6) is 0 Å². The Balaban J connectivity index is 1.66. The number of nitrogens with zero attached hydrogens (tertiary/aromatic N) is 1. The zero-order valence-electron chi connectivity index (χ0n) is 16.5. The van der Waals surface area contributed by atoms with E-state index in [0.717, 1.165) is 5.56 Å². The minimum Gasteiger partial charge on any atom is -0.348 e. The van der Waals surface area contributed by atoms with E-state index in [1.807, 2.05) is 24.3 Å². The van der Waals surface area contributed by atoms with E-state index in [1.54, 1.807) is 36.4 Å². The van der Waals surface area contributed by atoms with Crippen molar-refractivity contribution in [2.24, 2.45) is 5.14 Å². The number of pyridine rings is 1. The van der Waals surface area contributed by atoms with E-state index in [2.05, 4.69) is 10.3 Å². The summed E-state index contributed by atoms with van der Waals surface area (Å²) in [5.74, 6) is -0.301. The molecule has 1 aromatic heterocycles. The van der Waals surface area contributed by atoms with Gasteiger partial charge in [0.1, 0.15) is 0 Å². The average molecular weight is 486 g/mol. The van der Waals surface area contributed by atoms with Gasteiger partial charge < -0.3 is 5.32 Å². The van der Waals surface area contributed by atoms with Gasteiger partial charge >= 0.3 is 0 Å². The maximum Gasteiger partial charge on any atom is 0.252 e. The summed E-state index contributed by atoms with van der Waals surface area (Å²) in [7, 11) is -3.77. The highest BCUT2D eigenvalue weighted by atomic mass is 35.5. The van der Waals surface area contributed by atoms with E-state index >= 15 is 0 Å². The number of fused-ring (bicyclic) bond motifs is 1. The van der Waals surface area contributed by atoms with E-state index in [1.165, 1.54) is 12.1 Å². The number of para-hydroxylation sites is 1. The molecule has 6 nitrogen and oxygen atoms in total. The number of amides is 1. The van der Waals surface area contributed by atoms with Crippen LogP contribution in [0.25, 0.3) is 22.2 Å². The molecule has 32 heavy (non-hydrogen) atoms. The van der Waals surface area contributed by atoms with Gasteiger partial charge in [-0.1, -0.05) is 53.5 Å². The molecule has 3 aromatic carbocycles. The first kappa shape index (κ1) is 22.2. The molecule has 0 unspecified atom stereocenters. The maximum atomic E-state index is 13.1. The van der Waals surface area contributed by atoms with Crippen LogP contribution in [-0.2, 0) is 16.6 Å². The van der Waals surface area contributed by atoms with Gasteiger partial charge in [-0.05, 0) is 48.0 Å². The highest BCUT2D eigenvalue weighted by Crippen LogP contribution is 2.31. The second-order valence-electron chi connectivity index (χ2n) is 7.07. The lowest BCUT2D eigenvalue weighted by atomic mass is 10.0. The Morgan fingerprint density at radius 1 is 0.969 bits per heavy atom. The fraction of sp³-hybridized carbons (Fsp3) is 0.0435. The lowest BCUT2D eigenvalue weighted by Gasteiger charge is -2.12. The number of hydrogen-bond donors (Lipinski definition) is 2. The normalized spacial score (nSPS) is 11.5. The number of benzene rings is 3. The molecule has 0 aliphatic heterocycles. The van der Waals surface area contributed by atoms with Crippen molar-refractivity contribution >= 4 is 50.0 Å². The van der Waals surface area contributed by atoms with Crippen LogP contribution >= 0.6 is 23.2 Å². The van der Waals surface area contributed by atoms with Crippen molar-refractivity contribution in [2.75, 3.05) is 0 Å². The van der Waals surface area contributed by atoms with Gasteiger partial charge in [-0.25, -0.2) is 18.5 Å². The zero-order valence-corrected chi connectivity index (χ0v) is 18.9. The van der Waals surface area contributed by atoms with E-state index < -0.39 is 10.0 Å². The molecule has 0 bridgehead atoms. The molecule has 0 aliphatic rings. The van der Waals surface area contributed by atoms with Crippen LogP contribution in [0.4, 0.5) is 0 Å². The summed E-state index contributed by atoms with van der Waals surface area (Å²) in [6.07, 6.45) is 0. The second kappa shape index (κ2) is 8.88. The molecular formula is C23H17Cl2N3O3S. The fourth-order valence-electron chi connectivity index (χ4n) is 3.27. The first-order valence-electron chi connectivity index (χ1n) is 9.47. The molecule has 162 valence electrons. The number of nitrogens with one attached hydrogen (secondary N) is 1. The lowest BCUT2D eigenvalue weighted by molar-refractivity contribution is 0.0952. The summed E-state index contributed by atoms with van der Waals surface area (Å²) in [6.45, 7) is 0.206. The number of rotatable bonds is 5. The number of hydrogen-bond acceptors (Lipinski definition) is 4. The Morgan fingerprint density at radius 3 is 2.38 bits per heavy atom. The van der Waals surface area contributed by atoms with Crippen LogP contribution in [0.2, 0.25) is 10.0 Å². The Bertz CT molecular complexity index is 1440. The summed E-state index contributed by atoms with van der Waals surface area (Å²) in [6, 6.07) is 20.1. The highest BCUT2D eigenvalue weighted by Gasteiger charge is 2.16. The minimum atomic E-state index is -3.77. The van der Waals surface area contributed by atoms with Gasteiger partial charge in [-0.3, -0.25) is 4.79 Å². The van der Waals surface area contributed by atoms with Crippen molar-refractivity contribution in [3.63, 3.8) is 0 Å². The van der Waals surface area contributed by atoms with Crippen LogP contribution in [0.15, 0.2) is 77.7 Å². The molecule has 3 N–H and O–H groups in total. The Labute approximate surface area is 195 Å². The highest BCUT2D eigenvalue weighted by molar-refractivity contribution is 7.89. The molecule has 1 amide bonds. The monoisotopic (exact) mass is 485 g/mol. The molecule has 9 heteroatoms. The van der Waals surface area contributed by atoms with E-state index in [-0.39, 0.29) is 17.3 Å². The molecular weight excluding hydrogens is 469 g/mol. The van der Waals surface area contributed by atoms with Gasteiger partial charge in [0, 0.05) is 22.5 Å². The largest absolute Gasteiger partial charge is 0.348 e. The number of halogens is 2. The van der Waals surface area contributed by atoms with Crippen molar-refractivity contribution in [3.05, 3.63) is 94.0 Å². The van der Waals surface area contributed by atoms with E-state index in [0.29, 0.717) is 37.8 Å². The third kappa shape index (κ3) is 4.76. The maximum absolute atomic E-state index is 13.1. The third-order valence-electron chi connectivity index (χ3n) is 4.87. The van der Waals surface area contributed by atoms with Crippen molar-refractivity contribution < 1.29 is 13.2 Å². The van der Waals surface area contributed by atoms with Crippen molar-refractivity contribution in [3.8, 4) is 11.3 Å². The standard InChI is InChI=1S/C23H17Cl2N3O3S/c24-15-7-10-18(20(25)11-15)22-12-19(17-3-1-2-4-21(17)28-22)23(29)27-13-14-5-8-16(9-6-14)32(26,30)31/h1-12H,13H2,(H,27,29)(H2,26,30,31). The van der Waals surface area contributed by atoms with Crippen LogP contribution in [-0.4, -0.2) is 19.3 Å². The van der Waals surface area contributed by atoms with Gasteiger partial charge in [0.25, 0.3) is 5.91 Å². The lowest BCUT2D eigenvalue weighted by Crippen LogP contribution is -2.23. The first-order chi connectivity index (χ1) is 15.2. The van der Waals surface area contributed by atoms with Crippen LogP contribution in [0.1, 0.15) is 15.9 Å². The molecule has 0 aliphatic carbocycles. The Morgan fingerprint density at radius 2 is 1.69 bits per heavy atom. The van der Waals surface area contributed by atoms with Crippen molar-refractivity contribution in [1.82, 2.24) is 10.3 Å². The van der Waals surface area contributed by atoms with Gasteiger partial charge in [-0.15, -0.1) is 0 Å². The predicted octanol–water partition coefficient (Wildman–Crippen LogP) is 4.79. The molecule has 0 saturated carbocycles. The number of carbonyl (C=O) groups excluding carboxylic acids is 1.